The van der Waals surface area contributed by atoms with Crippen LogP contribution in [0.3, 0.4) is 0 Å². The summed E-state index contributed by atoms with van der Waals surface area (Å²) in [5, 5.41) is 0. The molecule has 0 unspecified atom stereocenters. The fourth-order valence-electron chi connectivity index (χ4n) is 2.99. The van der Waals surface area contributed by atoms with Crippen LogP contribution in [-0.4, -0.2) is 29.1 Å². The Balaban J connectivity index is 2.05. The van der Waals surface area contributed by atoms with Gasteiger partial charge in [0.1, 0.15) is 5.82 Å². The molecule has 1 aliphatic heterocycles. The fraction of sp³-hybridized carbons (Fsp3) is 0.444. The minimum atomic E-state index is 0.328. The van der Waals surface area contributed by atoms with Crippen LogP contribution in [0.2, 0.25) is 0 Å². The summed E-state index contributed by atoms with van der Waals surface area (Å²) in [4.78, 5) is 11.7. The molecule has 2 N–H and O–H groups in total. The summed E-state index contributed by atoms with van der Waals surface area (Å²) in [5.74, 6) is 0.899. The first-order valence-electron chi connectivity index (χ1n) is 8.11. The van der Waals surface area contributed by atoms with E-state index in [4.69, 9.17) is 10.7 Å². The molecule has 1 aromatic heterocycles. The third-order valence-electron chi connectivity index (χ3n) is 4.42. The molecule has 0 spiro atoms. The van der Waals surface area contributed by atoms with Gasteiger partial charge in [0.25, 0.3) is 0 Å². The second-order valence-electron chi connectivity index (χ2n) is 6.01. The van der Waals surface area contributed by atoms with Crippen molar-refractivity contribution < 1.29 is 0 Å². The van der Waals surface area contributed by atoms with Gasteiger partial charge in [0.05, 0.1) is 17.6 Å². The summed E-state index contributed by atoms with van der Waals surface area (Å²) >= 11 is 0. The molecule has 4 nitrogen and oxygen atoms in total. The summed E-state index contributed by atoms with van der Waals surface area (Å²) < 4.78 is 0. The number of benzene rings is 1. The van der Waals surface area contributed by atoms with E-state index in [2.05, 4.69) is 48.0 Å². The Hall–Kier alpha value is -1.94. The van der Waals surface area contributed by atoms with Crippen LogP contribution >= 0.6 is 0 Å². The number of rotatable bonds is 3. The quantitative estimate of drug-likeness (QED) is 0.946. The third-order valence-corrected chi connectivity index (χ3v) is 4.42. The number of aryl methyl sites for hydroxylation is 2. The topological polar surface area (TPSA) is 55.0 Å². The second kappa shape index (κ2) is 6.44. The number of hydrogen-bond acceptors (Lipinski definition) is 4. The van der Waals surface area contributed by atoms with Crippen molar-refractivity contribution >= 4 is 5.69 Å². The molecule has 4 heteroatoms. The average molecular weight is 296 g/mol. The molecule has 0 atom stereocenters. The smallest absolute Gasteiger partial charge is 0.128 e. The molecule has 1 aromatic carbocycles. The van der Waals surface area contributed by atoms with Gasteiger partial charge < -0.3 is 10.6 Å². The molecule has 0 saturated carbocycles. The zero-order valence-electron chi connectivity index (χ0n) is 13.4. The van der Waals surface area contributed by atoms with Crippen LogP contribution in [0.15, 0.2) is 30.5 Å². The second-order valence-corrected chi connectivity index (χ2v) is 6.01. The van der Waals surface area contributed by atoms with Gasteiger partial charge in [-0.15, -0.1) is 0 Å². The van der Waals surface area contributed by atoms with Crippen molar-refractivity contribution in [2.24, 2.45) is 5.73 Å². The summed E-state index contributed by atoms with van der Waals surface area (Å²) in [6, 6.07) is 8.76. The summed E-state index contributed by atoms with van der Waals surface area (Å²) in [7, 11) is 0. The highest BCUT2D eigenvalue weighted by Crippen LogP contribution is 2.32. The first-order valence-corrected chi connectivity index (χ1v) is 8.11. The van der Waals surface area contributed by atoms with Crippen LogP contribution in [-0.2, 0) is 6.42 Å². The molecule has 0 amide bonds. The number of nitrogens with zero attached hydrogens (tertiary/aromatic N) is 3. The van der Waals surface area contributed by atoms with Gasteiger partial charge in [0.2, 0.25) is 0 Å². The number of hydrogen-bond donors (Lipinski definition) is 1. The summed E-state index contributed by atoms with van der Waals surface area (Å²) in [6.45, 7) is 6.19. The van der Waals surface area contributed by atoms with E-state index in [-0.39, 0.29) is 0 Å². The molecule has 0 radical (unpaired) electrons. The molecule has 0 aliphatic carbocycles. The molecular formula is C18H24N4. The monoisotopic (exact) mass is 296 g/mol. The van der Waals surface area contributed by atoms with Crippen LogP contribution < -0.4 is 10.6 Å². The fourth-order valence-corrected chi connectivity index (χ4v) is 2.99. The zero-order valence-corrected chi connectivity index (χ0v) is 13.4. The van der Waals surface area contributed by atoms with Gasteiger partial charge in [-0.1, -0.05) is 31.2 Å². The number of nitrogens with two attached hydrogens (primary N) is 1. The minimum Gasteiger partial charge on any atom is -0.368 e. The lowest BCUT2D eigenvalue weighted by Crippen LogP contribution is -2.40. The van der Waals surface area contributed by atoms with E-state index in [9.17, 15) is 0 Å². The van der Waals surface area contributed by atoms with Crippen molar-refractivity contribution in [3.63, 3.8) is 0 Å². The summed E-state index contributed by atoms with van der Waals surface area (Å²) in [6.07, 6.45) is 4.90. The van der Waals surface area contributed by atoms with Crippen molar-refractivity contribution in [3.05, 3.63) is 41.9 Å². The van der Waals surface area contributed by atoms with Gasteiger partial charge in [-0.3, -0.25) is 0 Å². The Kier molecular flexibility index (Phi) is 4.39. The first kappa shape index (κ1) is 15.0. The van der Waals surface area contributed by atoms with Crippen LogP contribution in [0.4, 0.5) is 5.69 Å². The highest BCUT2D eigenvalue weighted by Gasteiger charge is 2.21. The van der Waals surface area contributed by atoms with Crippen molar-refractivity contribution in [3.8, 4) is 11.3 Å². The maximum absolute atomic E-state index is 6.04. The predicted molar refractivity (Wildman–Crippen MR) is 91.0 cm³/mol. The standard InChI is InChI=1S/C18H24N4/c1-3-17-20-12-16(22-10-8-14(19)9-11-22)18(21-17)15-7-5-4-6-13(15)2/h4-7,12,14H,3,8-11,19H2,1-2H3. The van der Waals surface area contributed by atoms with E-state index in [1.54, 1.807) is 0 Å². The average Bonchev–Trinajstić information content (AvgIpc) is 2.56. The van der Waals surface area contributed by atoms with E-state index in [1.165, 1.54) is 11.1 Å². The van der Waals surface area contributed by atoms with E-state index < -0.39 is 0 Å². The zero-order chi connectivity index (χ0) is 15.5. The Morgan fingerprint density at radius 3 is 2.64 bits per heavy atom. The SMILES string of the molecule is CCc1ncc(N2CCC(N)CC2)c(-c2ccccc2C)n1. The van der Waals surface area contributed by atoms with Gasteiger partial charge in [0, 0.05) is 31.1 Å². The Bertz CT molecular complexity index is 645. The third kappa shape index (κ3) is 2.97. The van der Waals surface area contributed by atoms with Gasteiger partial charge in [-0.2, -0.15) is 0 Å². The molecule has 116 valence electrons. The summed E-state index contributed by atoms with van der Waals surface area (Å²) in [5.41, 5.74) is 10.7. The molecule has 22 heavy (non-hydrogen) atoms. The van der Waals surface area contributed by atoms with Crippen molar-refractivity contribution in [1.29, 1.82) is 0 Å². The Morgan fingerprint density at radius 2 is 1.95 bits per heavy atom. The number of aromatic nitrogens is 2. The molecule has 3 rings (SSSR count). The Labute approximate surface area is 132 Å². The van der Waals surface area contributed by atoms with Crippen LogP contribution in [0.25, 0.3) is 11.3 Å². The first-order chi connectivity index (χ1) is 10.7. The van der Waals surface area contributed by atoms with Gasteiger partial charge in [0.15, 0.2) is 0 Å². The van der Waals surface area contributed by atoms with E-state index in [1.807, 2.05) is 6.20 Å². The van der Waals surface area contributed by atoms with E-state index in [0.29, 0.717) is 6.04 Å². The van der Waals surface area contributed by atoms with Crippen LogP contribution in [0.5, 0.6) is 0 Å². The molecule has 2 aromatic rings. The maximum Gasteiger partial charge on any atom is 0.128 e. The van der Waals surface area contributed by atoms with Crippen LogP contribution in [0, 0.1) is 6.92 Å². The lowest BCUT2D eigenvalue weighted by atomic mass is 10.0. The minimum absolute atomic E-state index is 0.328. The van der Waals surface area contributed by atoms with Gasteiger partial charge in [-0.25, -0.2) is 9.97 Å². The van der Waals surface area contributed by atoms with Crippen molar-refractivity contribution in [1.82, 2.24) is 9.97 Å². The largest absolute Gasteiger partial charge is 0.368 e. The van der Waals surface area contributed by atoms with E-state index >= 15 is 0 Å². The normalized spacial score (nSPS) is 16.0. The van der Waals surface area contributed by atoms with Gasteiger partial charge in [-0.05, 0) is 25.3 Å². The van der Waals surface area contributed by atoms with Gasteiger partial charge >= 0.3 is 0 Å². The highest BCUT2D eigenvalue weighted by atomic mass is 15.2. The Morgan fingerprint density at radius 1 is 1.23 bits per heavy atom. The molecular weight excluding hydrogens is 272 g/mol. The maximum atomic E-state index is 6.04. The lowest BCUT2D eigenvalue weighted by molar-refractivity contribution is 0.501. The van der Waals surface area contributed by atoms with Crippen molar-refractivity contribution in [2.45, 2.75) is 39.2 Å². The molecule has 1 fully saturated rings. The highest BCUT2D eigenvalue weighted by molar-refractivity contribution is 5.76. The predicted octanol–water partition coefficient (Wildman–Crippen LogP) is 2.94. The number of anilines is 1. The lowest BCUT2D eigenvalue weighted by Gasteiger charge is -2.33. The molecule has 0 bridgehead atoms. The van der Waals surface area contributed by atoms with E-state index in [0.717, 1.165) is 49.6 Å². The molecule has 2 heterocycles. The molecule has 1 saturated heterocycles. The van der Waals surface area contributed by atoms with Crippen LogP contribution in [0.1, 0.15) is 31.2 Å². The molecule has 1 aliphatic rings. The van der Waals surface area contributed by atoms with Crippen molar-refractivity contribution in [2.75, 3.05) is 18.0 Å². The number of piperidine rings is 1.